The zero-order valence-electron chi connectivity index (χ0n) is 10.4. The lowest BCUT2D eigenvalue weighted by Gasteiger charge is -2.38. The molecule has 4 heteroatoms. The van der Waals surface area contributed by atoms with Crippen LogP contribution in [0.3, 0.4) is 0 Å². The Balaban J connectivity index is 2.51. The summed E-state index contributed by atoms with van der Waals surface area (Å²) in [6, 6.07) is -0.0926. The maximum Gasteiger partial charge on any atom is 0.239 e. The van der Waals surface area contributed by atoms with Gasteiger partial charge in [0.2, 0.25) is 5.91 Å². The van der Waals surface area contributed by atoms with Crippen LogP contribution < -0.4 is 5.73 Å². The molecule has 0 saturated heterocycles. The highest BCUT2D eigenvalue weighted by Crippen LogP contribution is 2.25. The van der Waals surface area contributed by atoms with Crippen molar-refractivity contribution in [3.05, 3.63) is 0 Å². The van der Waals surface area contributed by atoms with E-state index in [4.69, 9.17) is 10.8 Å². The van der Waals surface area contributed by atoms with Crippen LogP contribution in [0.25, 0.3) is 0 Å². The SMILES string of the molecule is CC(C)CC(N)C(=O)N(CCO)C1CCC1. The Morgan fingerprint density at radius 3 is 2.50 bits per heavy atom. The van der Waals surface area contributed by atoms with Crippen LogP contribution in [-0.2, 0) is 4.79 Å². The molecule has 1 fully saturated rings. The van der Waals surface area contributed by atoms with Crippen molar-refractivity contribution in [1.82, 2.24) is 4.90 Å². The Kier molecular flexibility index (Phi) is 5.22. The van der Waals surface area contributed by atoms with E-state index >= 15 is 0 Å². The molecular formula is C12H24N2O2. The van der Waals surface area contributed by atoms with Gasteiger partial charge in [0.05, 0.1) is 12.6 Å². The first kappa shape index (κ1) is 13.5. The van der Waals surface area contributed by atoms with E-state index in [1.165, 1.54) is 6.42 Å². The van der Waals surface area contributed by atoms with Crippen molar-refractivity contribution >= 4 is 5.91 Å². The van der Waals surface area contributed by atoms with Gasteiger partial charge in [-0.2, -0.15) is 0 Å². The Morgan fingerprint density at radius 2 is 2.12 bits per heavy atom. The average Bonchev–Trinajstić information content (AvgIpc) is 2.12. The minimum atomic E-state index is -0.410. The number of carbonyl (C=O) groups excluding carboxylic acids is 1. The van der Waals surface area contributed by atoms with Crippen molar-refractivity contribution in [3.8, 4) is 0 Å². The summed E-state index contributed by atoms with van der Waals surface area (Å²) in [4.78, 5) is 13.9. The zero-order valence-corrected chi connectivity index (χ0v) is 10.4. The molecular weight excluding hydrogens is 204 g/mol. The van der Waals surface area contributed by atoms with Crippen LogP contribution in [0.5, 0.6) is 0 Å². The molecule has 16 heavy (non-hydrogen) atoms. The first-order chi connectivity index (χ1) is 7.56. The van der Waals surface area contributed by atoms with Crippen LogP contribution in [0.2, 0.25) is 0 Å². The molecule has 1 aliphatic carbocycles. The largest absolute Gasteiger partial charge is 0.395 e. The highest BCUT2D eigenvalue weighted by molar-refractivity contribution is 5.82. The van der Waals surface area contributed by atoms with Crippen molar-refractivity contribution in [2.24, 2.45) is 11.7 Å². The number of rotatable bonds is 6. The Hall–Kier alpha value is -0.610. The number of nitrogens with zero attached hydrogens (tertiary/aromatic N) is 1. The van der Waals surface area contributed by atoms with Gasteiger partial charge in [-0.15, -0.1) is 0 Å². The molecule has 1 amide bonds. The summed E-state index contributed by atoms with van der Waals surface area (Å²) in [6.45, 7) is 4.58. The van der Waals surface area contributed by atoms with Crippen LogP contribution in [0.4, 0.5) is 0 Å². The predicted molar refractivity (Wildman–Crippen MR) is 63.9 cm³/mol. The molecule has 3 N–H and O–H groups in total. The first-order valence-corrected chi connectivity index (χ1v) is 6.23. The Labute approximate surface area is 97.8 Å². The molecule has 0 aromatic carbocycles. The Morgan fingerprint density at radius 1 is 1.50 bits per heavy atom. The van der Waals surface area contributed by atoms with Crippen LogP contribution in [0, 0.1) is 5.92 Å². The lowest BCUT2D eigenvalue weighted by molar-refractivity contribution is -0.137. The quantitative estimate of drug-likeness (QED) is 0.704. The summed E-state index contributed by atoms with van der Waals surface area (Å²) < 4.78 is 0. The number of carbonyl (C=O) groups is 1. The molecule has 0 heterocycles. The van der Waals surface area contributed by atoms with Gasteiger partial charge in [0.15, 0.2) is 0 Å². The van der Waals surface area contributed by atoms with Crippen LogP contribution in [-0.4, -0.2) is 41.1 Å². The molecule has 0 aromatic rings. The van der Waals surface area contributed by atoms with Crippen molar-refractivity contribution in [1.29, 1.82) is 0 Å². The van der Waals surface area contributed by atoms with Gasteiger partial charge in [-0.1, -0.05) is 13.8 Å². The van der Waals surface area contributed by atoms with Gasteiger partial charge in [-0.05, 0) is 31.6 Å². The summed E-state index contributed by atoms with van der Waals surface area (Å²) in [5.41, 5.74) is 5.89. The van der Waals surface area contributed by atoms with Crippen LogP contribution >= 0.6 is 0 Å². The molecule has 0 bridgehead atoms. The van der Waals surface area contributed by atoms with E-state index in [-0.39, 0.29) is 12.5 Å². The number of amides is 1. The van der Waals surface area contributed by atoms with E-state index in [1.807, 2.05) is 0 Å². The molecule has 0 spiro atoms. The van der Waals surface area contributed by atoms with Gasteiger partial charge in [0.25, 0.3) is 0 Å². The van der Waals surface area contributed by atoms with E-state index in [1.54, 1.807) is 4.90 Å². The maximum atomic E-state index is 12.1. The summed E-state index contributed by atoms with van der Waals surface area (Å²) in [5, 5.41) is 8.98. The smallest absolute Gasteiger partial charge is 0.239 e. The standard InChI is InChI=1S/C12H24N2O2/c1-9(2)8-11(13)12(16)14(6-7-15)10-4-3-5-10/h9-11,15H,3-8,13H2,1-2H3. The summed E-state index contributed by atoms with van der Waals surface area (Å²) in [5.74, 6) is 0.434. The second-order valence-corrected chi connectivity index (χ2v) is 5.08. The summed E-state index contributed by atoms with van der Waals surface area (Å²) >= 11 is 0. The van der Waals surface area contributed by atoms with Crippen molar-refractivity contribution in [2.75, 3.05) is 13.2 Å². The highest BCUT2D eigenvalue weighted by atomic mass is 16.3. The third-order valence-corrected chi connectivity index (χ3v) is 3.18. The second kappa shape index (κ2) is 6.21. The van der Waals surface area contributed by atoms with E-state index in [2.05, 4.69) is 13.8 Å². The fourth-order valence-electron chi connectivity index (χ4n) is 2.10. The molecule has 0 radical (unpaired) electrons. The Bertz CT molecular complexity index is 227. The molecule has 1 rings (SSSR count). The number of hydrogen-bond donors (Lipinski definition) is 2. The van der Waals surface area contributed by atoms with Gasteiger partial charge in [-0.3, -0.25) is 4.79 Å². The van der Waals surface area contributed by atoms with Gasteiger partial charge >= 0.3 is 0 Å². The molecule has 1 saturated carbocycles. The fraction of sp³-hybridized carbons (Fsp3) is 0.917. The summed E-state index contributed by atoms with van der Waals surface area (Å²) in [7, 11) is 0. The monoisotopic (exact) mass is 228 g/mol. The third-order valence-electron chi connectivity index (χ3n) is 3.18. The lowest BCUT2D eigenvalue weighted by Crippen LogP contribution is -2.52. The number of nitrogens with two attached hydrogens (primary N) is 1. The topological polar surface area (TPSA) is 66.6 Å². The normalized spacial score (nSPS) is 18.3. The van der Waals surface area contributed by atoms with Crippen LogP contribution in [0.15, 0.2) is 0 Å². The minimum Gasteiger partial charge on any atom is -0.395 e. The van der Waals surface area contributed by atoms with Crippen molar-refractivity contribution in [2.45, 2.75) is 51.6 Å². The third kappa shape index (κ3) is 3.46. The molecule has 1 atom stereocenters. The predicted octanol–water partition coefficient (Wildman–Crippen LogP) is 0.733. The van der Waals surface area contributed by atoms with E-state index in [0.717, 1.165) is 12.8 Å². The van der Waals surface area contributed by atoms with E-state index in [9.17, 15) is 4.79 Å². The molecule has 4 nitrogen and oxygen atoms in total. The molecule has 1 unspecified atom stereocenters. The maximum absolute atomic E-state index is 12.1. The molecule has 1 aliphatic rings. The lowest BCUT2D eigenvalue weighted by atomic mass is 9.90. The van der Waals surface area contributed by atoms with Crippen molar-refractivity contribution < 1.29 is 9.90 Å². The zero-order chi connectivity index (χ0) is 12.1. The van der Waals surface area contributed by atoms with Gasteiger partial charge < -0.3 is 15.7 Å². The molecule has 0 aliphatic heterocycles. The second-order valence-electron chi connectivity index (χ2n) is 5.08. The van der Waals surface area contributed by atoms with Gasteiger partial charge in [-0.25, -0.2) is 0 Å². The van der Waals surface area contributed by atoms with Crippen LogP contribution in [0.1, 0.15) is 39.5 Å². The van der Waals surface area contributed by atoms with Gasteiger partial charge in [0, 0.05) is 12.6 Å². The molecule has 94 valence electrons. The van der Waals surface area contributed by atoms with E-state index in [0.29, 0.717) is 24.9 Å². The fourth-order valence-corrected chi connectivity index (χ4v) is 2.10. The van der Waals surface area contributed by atoms with Gasteiger partial charge in [0.1, 0.15) is 0 Å². The molecule has 0 aromatic heterocycles. The number of aliphatic hydroxyl groups excluding tert-OH is 1. The minimum absolute atomic E-state index is 0.00690. The van der Waals surface area contributed by atoms with E-state index < -0.39 is 6.04 Å². The average molecular weight is 228 g/mol. The summed E-state index contributed by atoms with van der Waals surface area (Å²) in [6.07, 6.45) is 4.01. The highest BCUT2D eigenvalue weighted by Gasteiger charge is 2.31. The first-order valence-electron chi connectivity index (χ1n) is 6.23. The van der Waals surface area contributed by atoms with Crippen molar-refractivity contribution in [3.63, 3.8) is 0 Å². The number of aliphatic hydroxyl groups is 1. The number of hydrogen-bond acceptors (Lipinski definition) is 3.